The van der Waals surface area contributed by atoms with Crippen LogP contribution in [0.3, 0.4) is 0 Å². The molecule has 2 heterocycles. The molecule has 3 aromatic rings. The summed E-state index contributed by atoms with van der Waals surface area (Å²) in [4.78, 5) is 22.1. The number of carbonyl (C=O) groups excluding carboxylic acids is 1. The Labute approximate surface area is 251 Å². The summed E-state index contributed by atoms with van der Waals surface area (Å²) in [5.74, 6) is 0.727. The summed E-state index contributed by atoms with van der Waals surface area (Å²) in [7, 11) is 0. The number of aromatic nitrogens is 1. The topological polar surface area (TPSA) is 69.8 Å². The maximum Gasteiger partial charge on any atom is 0.416 e. The van der Waals surface area contributed by atoms with Gasteiger partial charge in [-0.3, -0.25) is 9.69 Å². The number of rotatable bonds is 9. The van der Waals surface area contributed by atoms with Crippen LogP contribution in [0.2, 0.25) is 10.0 Å². The third-order valence-corrected chi connectivity index (χ3v) is 9.73. The van der Waals surface area contributed by atoms with Crippen LogP contribution in [0.1, 0.15) is 55.2 Å². The average Bonchev–Trinajstić information content (AvgIpc) is 3.83. The predicted octanol–water partition coefficient (Wildman–Crippen LogP) is 7.15. The van der Waals surface area contributed by atoms with Crippen LogP contribution >= 0.6 is 23.2 Å². The summed E-state index contributed by atoms with van der Waals surface area (Å²) in [5, 5.41) is 12.2. The Hall–Kier alpha value is -2.59. The molecule has 6 nitrogen and oxygen atoms in total. The van der Waals surface area contributed by atoms with E-state index in [0.29, 0.717) is 6.04 Å². The van der Waals surface area contributed by atoms with E-state index in [0.717, 1.165) is 43.8 Å². The molecule has 42 heavy (non-hydrogen) atoms. The largest absolute Gasteiger partial charge is 0.445 e. The molecule has 3 saturated carbocycles. The second kappa shape index (κ2) is 10.3. The molecule has 0 radical (unpaired) electrons. The summed E-state index contributed by atoms with van der Waals surface area (Å²) in [5.41, 5.74) is -4.47. The average molecular weight is 620 g/mol. The van der Waals surface area contributed by atoms with Gasteiger partial charge in [0.2, 0.25) is 5.89 Å². The van der Waals surface area contributed by atoms with Crippen LogP contribution in [0, 0.1) is 17.8 Å². The van der Waals surface area contributed by atoms with Crippen molar-refractivity contribution >= 4 is 34.8 Å². The maximum atomic E-state index is 14.7. The Morgan fingerprint density at radius 2 is 1.74 bits per heavy atom. The summed E-state index contributed by atoms with van der Waals surface area (Å²) in [6.45, 7) is 2.38. The molecule has 7 rings (SSSR count). The summed E-state index contributed by atoms with van der Waals surface area (Å²) >= 11 is 12.5. The molecule has 1 unspecified atom stereocenters. The fraction of sp³-hybridized carbons (Fsp3) is 0.484. The molecular formula is C31H30Cl2F3N3O3. The molecule has 1 atom stereocenters. The number of hydrogen-bond acceptors (Lipinski definition) is 5. The molecule has 222 valence electrons. The van der Waals surface area contributed by atoms with Gasteiger partial charge in [-0.05, 0) is 80.5 Å². The highest BCUT2D eigenvalue weighted by atomic mass is 35.5. The van der Waals surface area contributed by atoms with Gasteiger partial charge in [-0.15, -0.1) is 0 Å². The number of benzene rings is 2. The number of amides is 1. The number of hydrogen-bond donors (Lipinski definition) is 1. The molecule has 11 heteroatoms. The molecule has 1 N–H and O–H groups in total. The third-order valence-electron chi connectivity index (χ3n) is 9.18. The van der Waals surface area contributed by atoms with Crippen molar-refractivity contribution in [2.45, 2.75) is 56.3 Å². The van der Waals surface area contributed by atoms with E-state index in [4.69, 9.17) is 27.6 Å². The van der Waals surface area contributed by atoms with Gasteiger partial charge in [0, 0.05) is 52.4 Å². The van der Waals surface area contributed by atoms with Gasteiger partial charge in [-0.25, -0.2) is 4.98 Å². The third kappa shape index (κ3) is 5.02. The molecule has 3 fully saturated rings. The van der Waals surface area contributed by atoms with E-state index >= 15 is 0 Å². The first kappa shape index (κ1) is 28.2. The highest BCUT2D eigenvalue weighted by Gasteiger charge is 2.57. The van der Waals surface area contributed by atoms with E-state index in [2.05, 4.69) is 9.88 Å². The smallest absolute Gasteiger partial charge is 0.416 e. The number of halogens is 5. The second-order valence-electron chi connectivity index (χ2n) is 12.3. The van der Waals surface area contributed by atoms with Gasteiger partial charge in [0.05, 0.1) is 17.4 Å². The van der Waals surface area contributed by atoms with Crippen molar-refractivity contribution in [3.05, 3.63) is 69.5 Å². The fourth-order valence-electron chi connectivity index (χ4n) is 6.60. The van der Waals surface area contributed by atoms with Crippen molar-refractivity contribution in [2.24, 2.45) is 17.8 Å². The van der Waals surface area contributed by atoms with Crippen molar-refractivity contribution in [3.8, 4) is 11.5 Å². The molecule has 0 saturated heterocycles. The van der Waals surface area contributed by atoms with Gasteiger partial charge in [0.1, 0.15) is 6.26 Å². The number of alkyl halides is 3. The van der Waals surface area contributed by atoms with Crippen LogP contribution in [0.5, 0.6) is 0 Å². The number of oxazole rings is 1. The van der Waals surface area contributed by atoms with Crippen LogP contribution in [0.4, 0.5) is 18.9 Å². The molecule has 3 aliphatic carbocycles. The Balaban J connectivity index is 1.26. The number of carbonyl (C=O) groups is 1. The van der Waals surface area contributed by atoms with E-state index in [1.54, 1.807) is 0 Å². The number of aliphatic hydroxyl groups is 1. The molecule has 0 bridgehead atoms. The molecule has 4 aliphatic rings. The van der Waals surface area contributed by atoms with E-state index in [1.165, 1.54) is 67.3 Å². The van der Waals surface area contributed by atoms with Gasteiger partial charge in [-0.2, -0.15) is 13.2 Å². The maximum absolute atomic E-state index is 14.7. The van der Waals surface area contributed by atoms with Crippen molar-refractivity contribution in [3.63, 3.8) is 0 Å². The van der Waals surface area contributed by atoms with Crippen LogP contribution in [0.15, 0.2) is 47.2 Å². The van der Waals surface area contributed by atoms with E-state index in [9.17, 15) is 23.1 Å². The first-order chi connectivity index (χ1) is 20.0. The second-order valence-corrected chi connectivity index (χ2v) is 13.2. The molecular weight excluding hydrogens is 590 g/mol. The zero-order valence-electron chi connectivity index (χ0n) is 22.7. The van der Waals surface area contributed by atoms with Crippen LogP contribution in [-0.2, 0) is 16.6 Å². The van der Waals surface area contributed by atoms with Gasteiger partial charge in [0.15, 0.2) is 5.60 Å². The summed E-state index contributed by atoms with van der Waals surface area (Å²) in [6.07, 6.45) is 4.51. The Kier molecular flexibility index (Phi) is 6.88. The normalized spacial score (nSPS) is 25.7. The lowest BCUT2D eigenvalue weighted by Crippen LogP contribution is -2.51. The first-order valence-corrected chi connectivity index (χ1v) is 15.2. The predicted molar refractivity (Wildman–Crippen MR) is 152 cm³/mol. The lowest BCUT2D eigenvalue weighted by atomic mass is 9.78. The molecule has 0 spiro atoms. The highest BCUT2D eigenvalue weighted by Crippen LogP contribution is 2.53. The van der Waals surface area contributed by atoms with Gasteiger partial charge in [-0.1, -0.05) is 29.3 Å². The SMILES string of the molecule is O=C1N(CC2CC(N(CC3CC3)CC3CC3)C2)c2cc(-c3ncco3)cc(C(F)(F)F)c2C1(O)c1ccc(Cl)cc1Cl. The van der Waals surface area contributed by atoms with E-state index in [1.807, 2.05) is 0 Å². The highest BCUT2D eigenvalue weighted by molar-refractivity contribution is 6.35. The lowest BCUT2D eigenvalue weighted by molar-refractivity contribution is -0.142. The minimum absolute atomic E-state index is 0.0184. The van der Waals surface area contributed by atoms with Crippen LogP contribution < -0.4 is 4.90 Å². The molecule has 2 aromatic carbocycles. The molecule has 1 aliphatic heterocycles. The quantitative estimate of drug-likeness (QED) is 0.275. The minimum atomic E-state index is -4.90. The zero-order valence-corrected chi connectivity index (χ0v) is 24.2. The van der Waals surface area contributed by atoms with Crippen molar-refractivity contribution < 1.29 is 27.5 Å². The Morgan fingerprint density at radius 1 is 1.05 bits per heavy atom. The van der Waals surface area contributed by atoms with Gasteiger partial charge in [0.25, 0.3) is 5.91 Å². The molecule has 1 amide bonds. The van der Waals surface area contributed by atoms with Crippen molar-refractivity contribution in [1.29, 1.82) is 0 Å². The van der Waals surface area contributed by atoms with Gasteiger partial charge >= 0.3 is 6.18 Å². The lowest BCUT2D eigenvalue weighted by Gasteiger charge is -2.44. The van der Waals surface area contributed by atoms with Crippen molar-refractivity contribution in [1.82, 2.24) is 9.88 Å². The Bertz CT molecular complexity index is 1500. The van der Waals surface area contributed by atoms with E-state index < -0.39 is 28.8 Å². The number of anilines is 1. The minimum Gasteiger partial charge on any atom is -0.445 e. The number of nitrogens with zero attached hydrogens (tertiary/aromatic N) is 3. The standard InChI is InChI=1S/C31H30Cl2F3N3O3/c32-21-5-6-23(25(33)13-21)30(41)27-24(31(34,35)36)11-20(28-37-7-8-42-28)12-26(27)39(29(30)40)16-19-9-22(10-19)38(14-17-1-2-17)15-18-3-4-18/h5-8,11-13,17-19,22,41H,1-4,9-10,14-16H2. The zero-order chi connectivity index (χ0) is 29.4. The first-order valence-electron chi connectivity index (χ1n) is 14.4. The number of fused-ring (bicyclic) bond motifs is 1. The van der Waals surface area contributed by atoms with E-state index in [-0.39, 0.29) is 45.2 Å². The van der Waals surface area contributed by atoms with Crippen molar-refractivity contribution in [2.75, 3.05) is 24.5 Å². The monoisotopic (exact) mass is 619 g/mol. The molecule has 1 aromatic heterocycles. The van der Waals surface area contributed by atoms with Gasteiger partial charge < -0.3 is 14.4 Å². The van der Waals surface area contributed by atoms with Crippen LogP contribution in [-0.4, -0.2) is 46.6 Å². The van der Waals surface area contributed by atoms with Crippen LogP contribution in [0.25, 0.3) is 11.5 Å². The Morgan fingerprint density at radius 3 is 2.31 bits per heavy atom. The fourth-order valence-corrected chi connectivity index (χ4v) is 7.15. The summed E-state index contributed by atoms with van der Waals surface area (Å²) < 4.78 is 49.4. The summed E-state index contributed by atoms with van der Waals surface area (Å²) in [6, 6.07) is 6.73.